The van der Waals surface area contributed by atoms with Crippen molar-refractivity contribution in [1.82, 2.24) is 5.32 Å². The monoisotopic (exact) mass is 237 g/mol. The molecular formula is C16H31N. The van der Waals surface area contributed by atoms with Crippen LogP contribution in [0.25, 0.3) is 0 Å². The van der Waals surface area contributed by atoms with E-state index < -0.39 is 0 Å². The van der Waals surface area contributed by atoms with Crippen molar-refractivity contribution >= 4 is 0 Å². The molecule has 0 aromatic carbocycles. The predicted molar refractivity (Wildman–Crippen MR) is 75.2 cm³/mol. The average molecular weight is 237 g/mol. The summed E-state index contributed by atoms with van der Waals surface area (Å²) in [5.41, 5.74) is 0. The summed E-state index contributed by atoms with van der Waals surface area (Å²) in [7, 11) is 0. The van der Waals surface area contributed by atoms with E-state index in [0.29, 0.717) is 0 Å². The van der Waals surface area contributed by atoms with Crippen molar-refractivity contribution in [3.05, 3.63) is 0 Å². The van der Waals surface area contributed by atoms with Gasteiger partial charge in [-0.05, 0) is 50.9 Å². The molecule has 1 nitrogen and oxygen atoms in total. The van der Waals surface area contributed by atoms with Crippen LogP contribution in [0.4, 0.5) is 0 Å². The van der Waals surface area contributed by atoms with Crippen molar-refractivity contribution < 1.29 is 0 Å². The van der Waals surface area contributed by atoms with E-state index in [2.05, 4.69) is 19.2 Å². The van der Waals surface area contributed by atoms with Gasteiger partial charge in [0.25, 0.3) is 0 Å². The fourth-order valence-electron chi connectivity index (χ4n) is 3.92. The van der Waals surface area contributed by atoms with Crippen molar-refractivity contribution in [2.24, 2.45) is 11.8 Å². The van der Waals surface area contributed by atoms with E-state index in [-0.39, 0.29) is 0 Å². The van der Waals surface area contributed by atoms with Crippen molar-refractivity contribution in [3.8, 4) is 0 Å². The summed E-state index contributed by atoms with van der Waals surface area (Å²) in [5, 5.41) is 3.95. The smallest absolute Gasteiger partial charge is 0.00697 e. The molecule has 17 heavy (non-hydrogen) atoms. The zero-order chi connectivity index (χ0) is 12.1. The Morgan fingerprint density at radius 2 is 1.71 bits per heavy atom. The Bertz CT molecular complexity index is 208. The molecule has 2 fully saturated rings. The van der Waals surface area contributed by atoms with Crippen LogP contribution in [0.3, 0.4) is 0 Å². The van der Waals surface area contributed by atoms with Crippen LogP contribution < -0.4 is 5.32 Å². The summed E-state index contributed by atoms with van der Waals surface area (Å²) in [5.74, 6) is 1.99. The van der Waals surface area contributed by atoms with Gasteiger partial charge in [-0.3, -0.25) is 0 Å². The van der Waals surface area contributed by atoms with Crippen LogP contribution in [0.15, 0.2) is 0 Å². The van der Waals surface area contributed by atoms with Crippen LogP contribution in [0.5, 0.6) is 0 Å². The van der Waals surface area contributed by atoms with E-state index in [0.717, 1.165) is 23.9 Å². The Labute approximate surface area is 108 Å². The molecule has 1 heteroatoms. The van der Waals surface area contributed by atoms with E-state index in [1.54, 1.807) is 0 Å². The highest BCUT2D eigenvalue weighted by molar-refractivity contribution is 4.82. The lowest BCUT2D eigenvalue weighted by molar-refractivity contribution is 0.321. The highest BCUT2D eigenvalue weighted by Gasteiger charge is 2.24. The molecule has 0 aromatic heterocycles. The van der Waals surface area contributed by atoms with Crippen LogP contribution in [0, 0.1) is 11.8 Å². The van der Waals surface area contributed by atoms with Crippen LogP contribution >= 0.6 is 0 Å². The molecule has 2 unspecified atom stereocenters. The molecule has 1 N–H and O–H groups in total. The molecule has 0 saturated heterocycles. The fraction of sp³-hybridized carbons (Fsp3) is 1.00. The molecule has 2 saturated carbocycles. The summed E-state index contributed by atoms with van der Waals surface area (Å²) in [4.78, 5) is 0. The Morgan fingerprint density at radius 3 is 2.41 bits per heavy atom. The minimum Gasteiger partial charge on any atom is -0.311 e. The van der Waals surface area contributed by atoms with E-state index in [4.69, 9.17) is 0 Å². The van der Waals surface area contributed by atoms with Crippen LogP contribution in [0.2, 0.25) is 0 Å². The fourth-order valence-corrected chi connectivity index (χ4v) is 3.92. The largest absolute Gasteiger partial charge is 0.311 e. The number of rotatable bonds is 4. The maximum atomic E-state index is 3.95. The van der Waals surface area contributed by atoms with Crippen LogP contribution in [-0.4, -0.2) is 12.1 Å². The van der Waals surface area contributed by atoms with Gasteiger partial charge in [-0.2, -0.15) is 0 Å². The van der Waals surface area contributed by atoms with Crippen LogP contribution in [0.1, 0.15) is 78.1 Å². The van der Waals surface area contributed by atoms with Gasteiger partial charge in [0.05, 0.1) is 0 Å². The molecule has 3 atom stereocenters. The SMILES string of the molecule is CCC1CCCC(N[C@H](C)C2CCCC2)CC1. The van der Waals surface area contributed by atoms with Gasteiger partial charge < -0.3 is 5.32 Å². The number of nitrogens with one attached hydrogen (secondary N) is 1. The van der Waals surface area contributed by atoms with Gasteiger partial charge in [0.15, 0.2) is 0 Å². The maximum Gasteiger partial charge on any atom is 0.00697 e. The third-order valence-corrected chi connectivity index (χ3v) is 5.27. The third-order valence-electron chi connectivity index (χ3n) is 5.27. The molecule has 0 aromatic rings. The van der Waals surface area contributed by atoms with Gasteiger partial charge in [0, 0.05) is 12.1 Å². The zero-order valence-corrected chi connectivity index (χ0v) is 11.9. The first-order chi connectivity index (χ1) is 8.29. The summed E-state index contributed by atoms with van der Waals surface area (Å²) in [6, 6.07) is 1.59. The summed E-state index contributed by atoms with van der Waals surface area (Å²) in [6.07, 6.45) is 14.5. The maximum absolute atomic E-state index is 3.95. The summed E-state index contributed by atoms with van der Waals surface area (Å²) < 4.78 is 0. The van der Waals surface area contributed by atoms with Gasteiger partial charge >= 0.3 is 0 Å². The van der Waals surface area contributed by atoms with E-state index in [9.17, 15) is 0 Å². The van der Waals surface area contributed by atoms with Gasteiger partial charge in [0.1, 0.15) is 0 Å². The first-order valence-corrected chi connectivity index (χ1v) is 8.05. The Hall–Kier alpha value is -0.0400. The molecule has 2 aliphatic carbocycles. The summed E-state index contributed by atoms with van der Waals surface area (Å²) in [6.45, 7) is 4.79. The van der Waals surface area contributed by atoms with Gasteiger partial charge in [-0.15, -0.1) is 0 Å². The molecule has 0 amide bonds. The molecule has 2 rings (SSSR count). The van der Waals surface area contributed by atoms with Crippen molar-refractivity contribution in [2.75, 3.05) is 0 Å². The molecule has 0 spiro atoms. The second kappa shape index (κ2) is 6.78. The number of hydrogen-bond acceptors (Lipinski definition) is 1. The van der Waals surface area contributed by atoms with Crippen molar-refractivity contribution in [2.45, 2.75) is 90.1 Å². The topological polar surface area (TPSA) is 12.0 Å². The van der Waals surface area contributed by atoms with E-state index in [1.807, 2.05) is 0 Å². The van der Waals surface area contributed by atoms with Gasteiger partial charge in [0.2, 0.25) is 0 Å². The zero-order valence-electron chi connectivity index (χ0n) is 11.9. The lowest BCUT2D eigenvalue weighted by Gasteiger charge is -2.26. The second-order valence-corrected chi connectivity index (χ2v) is 6.48. The molecule has 0 radical (unpaired) electrons. The molecule has 0 bridgehead atoms. The summed E-state index contributed by atoms with van der Waals surface area (Å²) >= 11 is 0. The van der Waals surface area contributed by atoms with E-state index in [1.165, 1.54) is 64.2 Å². The van der Waals surface area contributed by atoms with Gasteiger partial charge in [-0.25, -0.2) is 0 Å². The molecule has 0 aliphatic heterocycles. The third kappa shape index (κ3) is 3.98. The highest BCUT2D eigenvalue weighted by atomic mass is 15.0. The molecule has 0 heterocycles. The van der Waals surface area contributed by atoms with Crippen molar-refractivity contribution in [1.29, 1.82) is 0 Å². The standard InChI is InChI=1S/C16H31N/c1-3-14-7-6-10-16(12-11-14)17-13(2)15-8-4-5-9-15/h13-17H,3-12H2,1-2H3/t13-,14?,16?/m1/s1. The normalized spacial score (nSPS) is 33.5. The first kappa shape index (κ1) is 13.4. The molecule has 2 aliphatic rings. The average Bonchev–Trinajstić information content (AvgIpc) is 2.78. The van der Waals surface area contributed by atoms with E-state index >= 15 is 0 Å². The lowest BCUT2D eigenvalue weighted by atomic mass is 9.96. The van der Waals surface area contributed by atoms with Crippen molar-refractivity contribution in [3.63, 3.8) is 0 Å². The quantitative estimate of drug-likeness (QED) is 0.709. The first-order valence-electron chi connectivity index (χ1n) is 8.05. The van der Waals surface area contributed by atoms with Crippen LogP contribution in [-0.2, 0) is 0 Å². The number of hydrogen-bond donors (Lipinski definition) is 1. The lowest BCUT2D eigenvalue weighted by Crippen LogP contribution is -2.40. The Kier molecular flexibility index (Phi) is 5.34. The minimum atomic E-state index is 0.765. The molecule has 100 valence electrons. The minimum absolute atomic E-state index is 0.765. The highest BCUT2D eigenvalue weighted by Crippen LogP contribution is 2.30. The predicted octanol–water partition coefficient (Wildman–Crippen LogP) is 4.51. The second-order valence-electron chi connectivity index (χ2n) is 6.48. The Balaban J connectivity index is 1.74. The Morgan fingerprint density at radius 1 is 0.941 bits per heavy atom. The van der Waals surface area contributed by atoms with Gasteiger partial charge in [-0.1, -0.05) is 39.0 Å². The molecular weight excluding hydrogens is 206 g/mol.